The highest BCUT2D eigenvalue weighted by atomic mass is 16.7. The van der Waals surface area contributed by atoms with Crippen LogP contribution in [0, 0.1) is 11.8 Å². The van der Waals surface area contributed by atoms with Crippen molar-refractivity contribution in [1.29, 1.82) is 0 Å². The van der Waals surface area contributed by atoms with E-state index in [0.29, 0.717) is 5.56 Å². The zero-order chi connectivity index (χ0) is 28.8. The Kier molecular flexibility index (Phi) is 14.4. The van der Waals surface area contributed by atoms with Gasteiger partial charge in [0.25, 0.3) is 0 Å². The fourth-order valence-corrected chi connectivity index (χ4v) is 3.12. The number of nitrogens with two attached hydrogens (primary N) is 1. The molecule has 1 aromatic carbocycles. The lowest BCUT2D eigenvalue weighted by atomic mass is 10.1. The molecule has 214 valence electrons. The standard InChI is InChI=1S/C28H43NO9/c1-8-9-12-34-28(33)36-20(7)19(6)35-27(32)22(29)15-21-10-11-23(37-25(30)13-17(2)3)24(16-21)38-26(31)14-18(4)5/h10-11,16-20,22H,8-9,12-15,29H2,1-7H3/t19-,20?,22-/m0/s1. The molecule has 0 aromatic heterocycles. The summed E-state index contributed by atoms with van der Waals surface area (Å²) in [6.07, 6.45) is -0.282. The highest BCUT2D eigenvalue weighted by Gasteiger charge is 2.25. The van der Waals surface area contributed by atoms with E-state index in [-0.39, 0.29) is 49.2 Å². The van der Waals surface area contributed by atoms with Crippen molar-refractivity contribution in [3.05, 3.63) is 23.8 Å². The number of carbonyl (C=O) groups is 4. The molecule has 0 spiro atoms. The molecular formula is C28H43NO9. The Morgan fingerprint density at radius 2 is 1.37 bits per heavy atom. The molecule has 3 atom stereocenters. The third-order valence-electron chi connectivity index (χ3n) is 5.33. The number of rotatable bonds is 15. The smallest absolute Gasteiger partial charge is 0.458 e. The predicted molar refractivity (Wildman–Crippen MR) is 141 cm³/mol. The molecule has 0 aliphatic carbocycles. The van der Waals surface area contributed by atoms with Crippen LogP contribution in [-0.2, 0) is 35.0 Å². The molecule has 0 saturated heterocycles. The van der Waals surface area contributed by atoms with Crippen LogP contribution in [0.4, 0.5) is 4.79 Å². The molecular weight excluding hydrogens is 494 g/mol. The van der Waals surface area contributed by atoms with Gasteiger partial charge in [-0.25, -0.2) is 4.79 Å². The molecule has 1 unspecified atom stereocenters. The monoisotopic (exact) mass is 537 g/mol. The quantitative estimate of drug-likeness (QED) is 0.190. The van der Waals surface area contributed by atoms with Crippen molar-refractivity contribution in [3.8, 4) is 11.5 Å². The molecule has 2 N–H and O–H groups in total. The minimum absolute atomic E-state index is 0.0643. The van der Waals surface area contributed by atoms with Gasteiger partial charge in [-0.3, -0.25) is 14.4 Å². The van der Waals surface area contributed by atoms with Crippen LogP contribution in [0.2, 0.25) is 0 Å². The van der Waals surface area contributed by atoms with Gasteiger partial charge in [-0.05, 0) is 56.2 Å². The summed E-state index contributed by atoms with van der Waals surface area (Å²) < 4.78 is 26.4. The van der Waals surface area contributed by atoms with Crippen LogP contribution >= 0.6 is 0 Å². The molecule has 38 heavy (non-hydrogen) atoms. The molecule has 10 nitrogen and oxygen atoms in total. The first-order valence-corrected chi connectivity index (χ1v) is 13.2. The molecule has 0 saturated carbocycles. The molecule has 0 aliphatic rings. The molecule has 10 heteroatoms. The zero-order valence-corrected chi connectivity index (χ0v) is 23.6. The van der Waals surface area contributed by atoms with Gasteiger partial charge in [0.2, 0.25) is 0 Å². The summed E-state index contributed by atoms with van der Waals surface area (Å²) in [7, 11) is 0. The van der Waals surface area contributed by atoms with Gasteiger partial charge in [-0.15, -0.1) is 0 Å². The van der Waals surface area contributed by atoms with Gasteiger partial charge in [0.15, 0.2) is 11.5 Å². The van der Waals surface area contributed by atoms with Gasteiger partial charge in [0, 0.05) is 12.8 Å². The fraction of sp³-hybridized carbons (Fsp3) is 0.643. The molecule has 0 heterocycles. The molecule has 1 rings (SSSR count). The number of carbonyl (C=O) groups excluding carboxylic acids is 4. The van der Waals surface area contributed by atoms with Crippen LogP contribution in [0.25, 0.3) is 0 Å². The summed E-state index contributed by atoms with van der Waals surface area (Å²) >= 11 is 0. The Labute approximate surface area is 225 Å². The largest absolute Gasteiger partial charge is 0.508 e. The van der Waals surface area contributed by atoms with Gasteiger partial charge < -0.3 is 29.4 Å². The Morgan fingerprint density at radius 1 is 0.816 bits per heavy atom. The Bertz CT molecular complexity index is 929. The first kappa shape index (κ1) is 32.9. The summed E-state index contributed by atoms with van der Waals surface area (Å²) in [6, 6.07) is 3.61. The maximum Gasteiger partial charge on any atom is 0.508 e. The van der Waals surface area contributed by atoms with Gasteiger partial charge in [-0.1, -0.05) is 47.1 Å². The number of hydrogen-bond acceptors (Lipinski definition) is 10. The van der Waals surface area contributed by atoms with Crippen LogP contribution in [0.15, 0.2) is 18.2 Å². The minimum Gasteiger partial charge on any atom is -0.458 e. The van der Waals surface area contributed by atoms with Crippen molar-refractivity contribution in [1.82, 2.24) is 0 Å². The van der Waals surface area contributed by atoms with E-state index in [9.17, 15) is 19.2 Å². The van der Waals surface area contributed by atoms with Gasteiger partial charge in [0.05, 0.1) is 6.61 Å². The van der Waals surface area contributed by atoms with Gasteiger partial charge in [0.1, 0.15) is 18.2 Å². The highest BCUT2D eigenvalue weighted by molar-refractivity contribution is 5.77. The summed E-state index contributed by atoms with van der Waals surface area (Å²) in [6.45, 7) is 12.9. The maximum absolute atomic E-state index is 12.6. The number of ether oxygens (including phenoxy) is 5. The number of benzene rings is 1. The zero-order valence-electron chi connectivity index (χ0n) is 23.6. The predicted octanol–water partition coefficient (Wildman–Crippen LogP) is 4.73. The van der Waals surface area contributed by atoms with Crippen molar-refractivity contribution in [3.63, 3.8) is 0 Å². The van der Waals surface area contributed by atoms with Crippen molar-refractivity contribution in [2.75, 3.05) is 6.61 Å². The lowest BCUT2D eigenvalue weighted by Crippen LogP contribution is -2.39. The van der Waals surface area contributed by atoms with Crippen molar-refractivity contribution >= 4 is 24.1 Å². The lowest BCUT2D eigenvalue weighted by Gasteiger charge is -2.22. The third kappa shape index (κ3) is 12.9. The molecule has 1 aromatic rings. The molecule has 0 aliphatic heterocycles. The normalized spacial score (nSPS) is 13.4. The van der Waals surface area contributed by atoms with E-state index in [4.69, 9.17) is 29.4 Å². The second-order valence-corrected chi connectivity index (χ2v) is 10.2. The third-order valence-corrected chi connectivity index (χ3v) is 5.33. The number of hydrogen-bond donors (Lipinski definition) is 1. The van der Waals surface area contributed by atoms with E-state index in [1.807, 2.05) is 34.6 Å². The Balaban J connectivity index is 2.86. The Morgan fingerprint density at radius 3 is 1.92 bits per heavy atom. The fourth-order valence-electron chi connectivity index (χ4n) is 3.12. The van der Waals surface area contributed by atoms with E-state index in [1.165, 1.54) is 12.1 Å². The minimum atomic E-state index is -1.05. The summed E-state index contributed by atoms with van der Waals surface area (Å²) in [5.74, 6) is -1.27. The van der Waals surface area contributed by atoms with Crippen LogP contribution < -0.4 is 15.2 Å². The summed E-state index contributed by atoms with van der Waals surface area (Å²) in [4.78, 5) is 48.8. The highest BCUT2D eigenvalue weighted by Crippen LogP contribution is 2.30. The molecule has 0 radical (unpaired) electrons. The van der Waals surface area contributed by atoms with Crippen LogP contribution in [0.3, 0.4) is 0 Å². The van der Waals surface area contributed by atoms with Crippen LogP contribution in [0.5, 0.6) is 11.5 Å². The Hall–Kier alpha value is -3.14. The van der Waals surface area contributed by atoms with E-state index in [1.54, 1.807) is 19.9 Å². The summed E-state index contributed by atoms with van der Waals surface area (Å²) in [5.41, 5.74) is 6.64. The maximum atomic E-state index is 12.6. The van der Waals surface area contributed by atoms with Crippen molar-refractivity contribution in [2.45, 2.75) is 98.8 Å². The van der Waals surface area contributed by atoms with Crippen LogP contribution in [0.1, 0.15) is 79.7 Å². The molecule has 0 bridgehead atoms. The second kappa shape index (κ2) is 16.7. The number of unbranched alkanes of at least 4 members (excludes halogenated alkanes) is 1. The van der Waals surface area contributed by atoms with E-state index >= 15 is 0 Å². The van der Waals surface area contributed by atoms with E-state index in [2.05, 4.69) is 0 Å². The van der Waals surface area contributed by atoms with Gasteiger partial charge >= 0.3 is 24.1 Å². The van der Waals surface area contributed by atoms with E-state index < -0.39 is 42.3 Å². The first-order valence-electron chi connectivity index (χ1n) is 13.2. The average Bonchev–Trinajstić information content (AvgIpc) is 2.79. The number of esters is 3. The molecule has 0 amide bonds. The second-order valence-electron chi connectivity index (χ2n) is 10.2. The lowest BCUT2D eigenvalue weighted by molar-refractivity contribution is -0.155. The average molecular weight is 538 g/mol. The first-order chi connectivity index (χ1) is 17.8. The van der Waals surface area contributed by atoms with Crippen molar-refractivity contribution in [2.24, 2.45) is 17.6 Å². The van der Waals surface area contributed by atoms with E-state index in [0.717, 1.165) is 12.8 Å². The van der Waals surface area contributed by atoms with Crippen LogP contribution in [-0.4, -0.2) is 48.9 Å². The topological polar surface area (TPSA) is 140 Å². The summed E-state index contributed by atoms with van der Waals surface area (Å²) in [5, 5.41) is 0. The van der Waals surface area contributed by atoms with Gasteiger partial charge in [-0.2, -0.15) is 0 Å². The van der Waals surface area contributed by atoms with Crippen molar-refractivity contribution < 1.29 is 42.9 Å². The SMILES string of the molecule is CCCCOC(=O)OC(C)[C@H](C)OC(=O)[C@@H](N)Cc1ccc(OC(=O)CC(C)C)c(OC(=O)CC(C)C)c1. The molecule has 0 fully saturated rings.